The Labute approximate surface area is 91.1 Å². The van der Waals surface area contributed by atoms with Crippen molar-refractivity contribution in [2.24, 2.45) is 0 Å². The van der Waals surface area contributed by atoms with Gasteiger partial charge in [-0.1, -0.05) is 0 Å². The van der Waals surface area contributed by atoms with E-state index in [0.717, 1.165) is 0 Å². The lowest BCUT2D eigenvalue weighted by molar-refractivity contribution is 0.0721. The topological polar surface area (TPSA) is 91.0 Å². The van der Waals surface area contributed by atoms with Crippen molar-refractivity contribution in [1.82, 2.24) is 15.0 Å². The van der Waals surface area contributed by atoms with Crippen LogP contribution in [-0.2, 0) is 0 Å². The van der Waals surface area contributed by atoms with Crippen LogP contribution in [0.4, 0.5) is 5.82 Å². The third kappa shape index (κ3) is 2.30. The number of nitrogen functional groups attached to an aromatic ring is 1. The average molecular weight is 216 g/mol. The summed E-state index contributed by atoms with van der Waals surface area (Å²) >= 11 is 0. The fraction of sp³-hybridized carbons (Fsp3) is 0. The Hall–Kier alpha value is -2.50. The van der Waals surface area contributed by atoms with Gasteiger partial charge in [0.2, 0.25) is 5.82 Å². The summed E-state index contributed by atoms with van der Waals surface area (Å²) in [6.07, 6.45) is 4.39. The Kier molecular flexibility index (Phi) is 2.73. The van der Waals surface area contributed by atoms with Crippen molar-refractivity contribution in [2.75, 3.05) is 5.73 Å². The van der Waals surface area contributed by atoms with Crippen molar-refractivity contribution in [2.45, 2.75) is 0 Å². The molecular formula is C10H8N4O2. The van der Waals surface area contributed by atoms with Gasteiger partial charge in [-0.2, -0.15) is 0 Å². The van der Waals surface area contributed by atoms with E-state index in [-0.39, 0.29) is 11.6 Å². The van der Waals surface area contributed by atoms with Gasteiger partial charge in [-0.25, -0.2) is 14.8 Å². The largest absolute Gasteiger partial charge is 0.419 e. The van der Waals surface area contributed by atoms with E-state index < -0.39 is 5.97 Å². The van der Waals surface area contributed by atoms with Gasteiger partial charge < -0.3 is 10.5 Å². The molecule has 2 aromatic heterocycles. The van der Waals surface area contributed by atoms with Gasteiger partial charge in [0.15, 0.2) is 0 Å². The normalized spacial score (nSPS) is 9.75. The molecular weight excluding hydrogens is 208 g/mol. The van der Waals surface area contributed by atoms with Crippen molar-refractivity contribution in [3.05, 3.63) is 42.6 Å². The smallest absolute Gasteiger partial charge is 0.381 e. The van der Waals surface area contributed by atoms with E-state index >= 15 is 0 Å². The highest BCUT2D eigenvalue weighted by Crippen LogP contribution is 2.08. The summed E-state index contributed by atoms with van der Waals surface area (Å²) in [5, 5.41) is 0. The maximum absolute atomic E-state index is 11.5. The summed E-state index contributed by atoms with van der Waals surface area (Å²) in [6, 6.07) is 4.75. The molecule has 0 amide bonds. The lowest BCUT2D eigenvalue weighted by Crippen LogP contribution is -2.13. The zero-order valence-corrected chi connectivity index (χ0v) is 8.20. The molecule has 0 spiro atoms. The van der Waals surface area contributed by atoms with Crippen LogP contribution in [0.1, 0.15) is 10.6 Å². The molecule has 0 bridgehead atoms. The monoisotopic (exact) mass is 216 g/mol. The van der Waals surface area contributed by atoms with Crippen molar-refractivity contribution >= 4 is 11.8 Å². The number of hydrogen-bond donors (Lipinski definition) is 1. The molecule has 0 aliphatic rings. The van der Waals surface area contributed by atoms with Gasteiger partial charge in [0.25, 0.3) is 0 Å². The van der Waals surface area contributed by atoms with Gasteiger partial charge in [0.05, 0.1) is 6.20 Å². The molecule has 0 fully saturated rings. The number of hydrogen-bond acceptors (Lipinski definition) is 6. The summed E-state index contributed by atoms with van der Waals surface area (Å²) in [7, 11) is 0. The molecule has 16 heavy (non-hydrogen) atoms. The van der Waals surface area contributed by atoms with E-state index in [2.05, 4.69) is 15.0 Å². The molecule has 0 aliphatic heterocycles. The van der Waals surface area contributed by atoms with Gasteiger partial charge in [-0.15, -0.1) is 0 Å². The first-order chi connectivity index (χ1) is 7.75. The van der Waals surface area contributed by atoms with Crippen LogP contribution in [0.5, 0.6) is 5.75 Å². The molecule has 0 unspecified atom stereocenters. The van der Waals surface area contributed by atoms with Gasteiger partial charge >= 0.3 is 5.97 Å². The second kappa shape index (κ2) is 4.35. The van der Waals surface area contributed by atoms with Crippen LogP contribution in [0.25, 0.3) is 0 Å². The molecule has 0 aromatic carbocycles. The maximum Gasteiger partial charge on any atom is 0.381 e. The number of pyridine rings is 1. The lowest BCUT2D eigenvalue weighted by Gasteiger charge is -2.02. The van der Waals surface area contributed by atoms with Crippen LogP contribution >= 0.6 is 0 Å². The molecule has 6 nitrogen and oxygen atoms in total. The van der Waals surface area contributed by atoms with Crippen molar-refractivity contribution in [1.29, 1.82) is 0 Å². The van der Waals surface area contributed by atoms with Gasteiger partial charge in [0.1, 0.15) is 11.6 Å². The van der Waals surface area contributed by atoms with E-state index in [1.54, 1.807) is 18.3 Å². The number of esters is 1. The highest BCUT2D eigenvalue weighted by molar-refractivity contribution is 5.87. The minimum atomic E-state index is -0.666. The number of carbonyl (C=O) groups is 1. The number of carbonyl (C=O) groups excluding carboxylic acids is 1. The van der Waals surface area contributed by atoms with E-state index in [1.165, 1.54) is 18.5 Å². The predicted molar refractivity (Wildman–Crippen MR) is 55.6 cm³/mol. The highest BCUT2D eigenvalue weighted by atomic mass is 16.5. The summed E-state index contributed by atoms with van der Waals surface area (Å²) in [5.41, 5.74) is 5.42. The van der Waals surface area contributed by atoms with Crippen LogP contribution in [0.3, 0.4) is 0 Å². The second-order valence-electron chi connectivity index (χ2n) is 2.88. The van der Waals surface area contributed by atoms with Crippen molar-refractivity contribution in [3.63, 3.8) is 0 Å². The summed E-state index contributed by atoms with van der Waals surface area (Å²) in [4.78, 5) is 22.8. The average Bonchev–Trinajstić information content (AvgIpc) is 2.30. The fourth-order valence-electron chi connectivity index (χ4n) is 1.03. The van der Waals surface area contributed by atoms with Crippen LogP contribution < -0.4 is 10.5 Å². The Balaban J connectivity index is 2.15. The van der Waals surface area contributed by atoms with Crippen LogP contribution in [0.2, 0.25) is 0 Å². The number of aromatic nitrogens is 3. The molecule has 2 N–H and O–H groups in total. The quantitative estimate of drug-likeness (QED) is 0.742. The van der Waals surface area contributed by atoms with E-state index in [9.17, 15) is 4.79 Å². The number of nitrogens with zero attached hydrogens (tertiary/aromatic N) is 3. The van der Waals surface area contributed by atoms with Crippen LogP contribution in [0, 0.1) is 0 Å². The fourth-order valence-corrected chi connectivity index (χ4v) is 1.03. The summed E-state index contributed by atoms with van der Waals surface area (Å²) in [5.74, 6) is -0.198. The molecule has 6 heteroatoms. The second-order valence-corrected chi connectivity index (χ2v) is 2.88. The first-order valence-corrected chi connectivity index (χ1v) is 4.46. The lowest BCUT2D eigenvalue weighted by atomic mass is 10.4. The van der Waals surface area contributed by atoms with Gasteiger partial charge in [0, 0.05) is 12.4 Å². The van der Waals surface area contributed by atoms with Gasteiger partial charge in [-0.05, 0) is 18.2 Å². The predicted octanol–water partition coefficient (Wildman–Crippen LogP) is 0.673. The minimum absolute atomic E-state index is 0.0798. The molecule has 0 atom stereocenters. The molecule has 2 rings (SSSR count). The van der Waals surface area contributed by atoms with E-state index in [1.807, 2.05) is 0 Å². The molecule has 80 valence electrons. The molecule has 0 aliphatic carbocycles. The maximum atomic E-state index is 11.5. The summed E-state index contributed by atoms with van der Waals surface area (Å²) in [6.45, 7) is 0. The van der Waals surface area contributed by atoms with Gasteiger partial charge in [-0.3, -0.25) is 4.98 Å². The third-order valence-corrected chi connectivity index (χ3v) is 1.70. The number of rotatable bonds is 2. The van der Waals surface area contributed by atoms with Crippen molar-refractivity contribution < 1.29 is 9.53 Å². The zero-order chi connectivity index (χ0) is 11.4. The van der Waals surface area contributed by atoms with Crippen LogP contribution in [0.15, 0.2) is 36.8 Å². The Morgan fingerprint density at radius 1 is 1.31 bits per heavy atom. The Morgan fingerprint density at radius 3 is 2.88 bits per heavy atom. The zero-order valence-electron chi connectivity index (χ0n) is 8.20. The SMILES string of the molecule is Nc1ccnc(C(=O)Oc2cccnc2)n1. The van der Waals surface area contributed by atoms with Crippen molar-refractivity contribution in [3.8, 4) is 5.75 Å². The molecule has 0 radical (unpaired) electrons. The first kappa shape index (κ1) is 10.0. The number of anilines is 1. The highest BCUT2D eigenvalue weighted by Gasteiger charge is 2.11. The third-order valence-electron chi connectivity index (χ3n) is 1.70. The number of ether oxygens (including phenoxy) is 1. The first-order valence-electron chi connectivity index (χ1n) is 4.46. The molecule has 0 saturated carbocycles. The standard InChI is InChI=1S/C10H8N4O2/c11-8-3-5-13-9(14-8)10(15)16-7-2-1-4-12-6-7/h1-6H,(H2,11,13,14). The molecule has 2 aromatic rings. The Bertz CT molecular complexity index is 501. The summed E-state index contributed by atoms with van der Waals surface area (Å²) < 4.78 is 4.97. The molecule has 2 heterocycles. The Morgan fingerprint density at radius 2 is 2.19 bits per heavy atom. The van der Waals surface area contributed by atoms with Crippen LogP contribution in [-0.4, -0.2) is 20.9 Å². The van der Waals surface area contributed by atoms with E-state index in [0.29, 0.717) is 5.75 Å². The minimum Gasteiger partial charge on any atom is -0.419 e. The van der Waals surface area contributed by atoms with E-state index in [4.69, 9.17) is 10.5 Å². The molecule has 0 saturated heterocycles. The number of nitrogens with two attached hydrogens (primary N) is 1.